The molecule has 3 rings (SSSR count). The lowest BCUT2D eigenvalue weighted by Gasteiger charge is -2.18. The van der Waals surface area contributed by atoms with Gasteiger partial charge in [-0.05, 0) is 51.0 Å². The Morgan fingerprint density at radius 3 is 2.57 bits per heavy atom. The number of thioether (sulfide) groups is 1. The van der Waals surface area contributed by atoms with Gasteiger partial charge in [0.1, 0.15) is 5.82 Å². The molecule has 0 fully saturated rings. The van der Waals surface area contributed by atoms with E-state index < -0.39 is 0 Å². The summed E-state index contributed by atoms with van der Waals surface area (Å²) in [5.41, 5.74) is 3.04. The van der Waals surface area contributed by atoms with Gasteiger partial charge in [-0.3, -0.25) is 4.79 Å². The number of halogens is 1. The summed E-state index contributed by atoms with van der Waals surface area (Å²) in [6.07, 6.45) is 0.937. The maximum Gasteiger partial charge on any atom is 0.233 e. The molecule has 0 bridgehead atoms. The maximum absolute atomic E-state index is 13.1. The highest BCUT2D eigenvalue weighted by Gasteiger charge is 2.22. The van der Waals surface area contributed by atoms with Crippen molar-refractivity contribution >= 4 is 17.7 Å². The number of carbonyl (C=O) groups excluding carboxylic acids is 1. The van der Waals surface area contributed by atoms with Crippen LogP contribution in [0.25, 0.3) is 11.4 Å². The molecule has 7 heteroatoms. The molecular formula is C23H27FN4OS. The predicted octanol–water partition coefficient (Wildman–Crippen LogP) is 5.16. The van der Waals surface area contributed by atoms with Crippen LogP contribution in [0.15, 0.2) is 53.7 Å². The molecular weight excluding hydrogens is 399 g/mol. The van der Waals surface area contributed by atoms with Gasteiger partial charge in [0.05, 0.1) is 11.3 Å². The molecule has 0 saturated heterocycles. The summed E-state index contributed by atoms with van der Waals surface area (Å²) in [6.45, 7) is 8.68. The molecule has 2 atom stereocenters. The highest BCUT2D eigenvalue weighted by molar-refractivity contribution is 8.00. The molecule has 0 saturated carbocycles. The molecule has 3 aromatic rings. The van der Waals surface area contributed by atoms with Crippen LogP contribution in [0.4, 0.5) is 4.39 Å². The first-order chi connectivity index (χ1) is 14.4. The van der Waals surface area contributed by atoms with Crippen molar-refractivity contribution in [3.8, 4) is 11.4 Å². The third kappa shape index (κ3) is 5.27. The average Bonchev–Trinajstić information content (AvgIpc) is 3.11. The summed E-state index contributed by atoms with van der Waals surface area (Å²) < 4.78 is 15.2. The number of hydrogen-bond acceptors (Lipinski definition) is 4. The van der Waals surface area contributed by atoms with Crippen molar-refractivity contribution in [2.75, 3.05) is 0 Å². The molecule has 1 amide bonds. The van der Waals surface area contributed by atoms with Crippen molar-refractivity contribution in [1.29, 1.82) is 0 Å². The standard InChI is InChI=1S/C23H27FN4OS/c1-5-13-28-21(19-8-6-7-15(2)14-19)26-27-23(28)30-17(4)22(29)25-16(3)18-9-11-20(24)12-10-18/h6-12,14,16-17H,5,13H2,1-4H3,(H,25,29). The van der Waals surface area contributed by atoms with Crippen molar-refractivity contribution in [2.24, 2.45) is 0 Å². The molecule has 30 heavy (non-hydrogen) atoms. The van der Waals surface area contributed by atoms with Crippen molar-refractivity contribution in [1.82, 2.24) is 20.1 Å². The Morgan fingerprint density at radius 2 is 1.90 bits per heavy atom. The highest BCUT2D eigenvalue weighted by Crippen LogP contribution is 2.28. The number of carbonyl (C=O) groups is 1. The van der Waals surface area contributed by atoms with Crippen LogP contribution in [0.2, 0.25) is 0 Å². The third-order valence-corrected chi connectivity index (χ3v) is 5.90. The minimum Gasteiger partial charge on any atom is -0.349 e. The van der Waals surface area contributed by atoms with Crippen LogP contribution < -0.4 is 5.32 Å². The lowest BCUT2D eigenvalue weighted by Crippen LogP contribution is -2.33. The fraction of sp³-hybridized carbons (Fsp3) is 0.348. The second-order valence-corrected chi connectivity index (χ2v) is 8.68. The Balaban J connectivity index is 1.73. The molecule has 2 unspecified atom stereocenters. The van der Waals surface area contributed by atoms with Gasteiger partial charge in [-0.2, -0.15) is 0 Å². The SMILES string of the molecule is CCCn1c(SC(C)C(=O)NC(C)c2ccc(F)cc2)nnc1-c1cccc(C)c1. The van der Waals surface area contributed by atoms with E-state index in [1.165, 1.54) is 23.9 Å². The van der Waals surface area contributed by atoms with Crippen LogP contribution in [-0.2, 0) is 11.3 Å². The molecule has 0 radical (unpaired) electrons. The first-order valence-corrected chi connectivity index (χ1v) is 11.0. The van der Waals surface area contributed by atoms with E-state index in [-0.39, 0.29) is 23.0 Å². The molecule has 5 nitrogen and oxygen atoms in total. The van der Waals surface area contributed by atoms with Gasteiger partial charge in [0.2, 0.25) is 5.91 Å². The zero-order chi connectivity index (χ0) is 21.7. The van der Waals surface area contributed by atoms with E-state index in [4.69, 9.17) is 0 Å². The summed E-state index contributed by atoms with van der Waals surface area (Å²) in [4.78, 5) is 12.7. The zero-order valence-corrected chi connectivity index (χ0v) is 18.5. The largest absolute Gasteiger partial charge is 0.349 e. The van der Waals surface area contributed by atoms with Crippen molar-refractivity contribution < 1.29 is 9.18 Å². The molecule has 1 heterocycles. The van der Waals surface area contributed by atoms with E-state index in [2.05, 4.69) is 33.1 Å². The summed E-state index contributed by atoms with van der Waals surface area (Å²) >= 11 is 1.39. The average molecular weight is 427 g/mol. The maximum atomic E-state index is 13.1. The molecule has 158 valence electrons. The van der Waals surface area contributed by atoms with E-state index in [9.17, 15) is 9.18 Å². The van der Waals surface area contributed by atoms with Crippen LogP contribution in [-0.4, -0.2) is 25.9 Å². The molecule has 1 N–H and O–H groups in total. The van der Waals surface area contributed by atoms with Crippen molar-refractivity contribution in [3.63, 3.8) is 0 Å². The number of aromatic nitrogens is 3. The first-order valence-electron chi connectivity index (χ1n) is 10.1. The summed E-state index contributed by atoms with van der Waals surface area (Å²) in [5, 5.41) is 12.1. The number of amides is 1. The first kappa shape index (κ1) is 22.0. The Morgan fingerprint density at radius 1 is 1.17 bits per heavy atom. The van der Waals surface area contributed by atoms with E-state index in [0.29, 0.717) is 0 Å². The van der Waals surface area contributed by atoms with Gasteiger partial charge in [-0.15, -0.1) is 10.2 Å². The fourth-order valence-corrected chi connectivity index (χ4v) is 4.06. The van der Waals surface area contributed by atoms with Gasteiger partial charge in [0, 0.05) is 12.1 Å². The van der Waals surface area contributed by atoms with E-state index >= 15 is 0 Å². The minimum absolute atomic E-state index is 0.0972. The van der Waals surface area contributed by atoms with E-state index in [1.807, 2.05) is 39.0 Å². The number of nitrogens with zero attached hydrogens (tertiary/aromatic N) is 3. The van der Waals surface area contributed by atoms with E-state index in [1.54, 1.807) is 12.1 Å². The molecule has 0 aliphatic carbocycles. The molecule has 2 aromatic carbocycles. The smallest absolute Gasteiger partial charge is 0.233 e. The van der Waals surface area contributed by atoms with Gasteiger partial charge in [-0.1, -0.05) is 54.6 Å². The molecule has 0 spiro atoms. The molecule has 0 aliphatic heterocycles. The summed E-state index contributed by atoms with van der Waals surface area (Å²) in [6, 6.07) is 14.1. The Labute approximate surface area is 181 Å². The summed E-state index contributed by atoms with van der Waals surface area (Å²) in [7, 11) is 0. The third-order valence-electron chi connectivity index (χ3n) is 4.82. The van der Waals surface area contributed by atoms with Crippen molar-refractivity contribution in [2.45, 2.75) is 57.1 Å². The van der Waals surface area contributed by atoms with Crippen LogP contribution in [0.5, 0.6) is 0 Å². The summed E-state index contributed by atoms with van der Waals surface area (Å²) in [5.74, 6) is 0.427. The Bertz CT molecular complexity index is 1000. The number of benzene rings is 2. The molecule has 0 aliphatic rings. The van der Waals surface area contributed by atoms with Gasteiger partial charge in [-0.25, -0.2) is 4.39 Å². The normalized spacial score (nSPS) is 13.1. The van der Waals surface area contributed by atoms with E-state index in [0.717, 1.165) is 40.6 Å². The van der Waals surface area contributed by atoms with Gasteiger partial charge < -0.3 is 9.88 Å². The Kier molecular flexibility index (Phi) is 7.26. The topological polar surface area (TPSA) is 59.8 Å². The highest BCUT2D eigenvalue weighted by atomic mass is 32.2. The fourth-order valence-electron chi connectivity index (χ4n) is 3.18. The van der Waals surface area contributed by atoms with Crippen molar-refractivity contribution in [3.05, 3.63) is 65.5 Å². The lowest BCUT2D eigenvalue weighted by atomic mass is 10.1. The second kappa shape index (κ2) is 9.89. The number of nitrogens with one attached hydrogen (secondary N) is 1. The van der Waals surface area contributed by atoms with Gasteiger partial charge in [0.15, 0.2) is 11.0 Å². The molecule has 1 aromatic heterocycles. The second-order valence-electron chi connectivity index (χ2n) is 7.37. The number of hydrogen-bond donors (Lipinski definition) is 1. The van der Waals surface area contributed by atoms with Crippen LogP contribution in [0.1, 0.15) is 44.4 Å². The Hall–Kier alpha value is -2.67. The zero-order valence-electron chi connectivity index (χ0n) is 17.7. The number of rotatable bonds is 8. The van der Waals surface area contributed by atoms with Crippen LogP contribution >= 0.6 is 11.8 Å². The monoisotopic (exact) mass is 426 g/mol. The van der Waals surface area contributed by atoms with Crippen LogP contribution in [0, 0.1) is 12.7 Å². The van der Waals surface area contributed by atoms with Crippen LogP contribution in [0.3, 0.4) is 0 Å². The van der Waals surface area contributed by atoms with Gasteiger partial charge in [0.25, 0.3) is 0 Å². The minimum atomic E-state index is -0.349. The quantitative estimate of drug-likeness (QED) is 0.506. The van der Waals surface area contributed by atoms with Gasteiger partial charge >= 0.3 is 0 Å². The number of aryl methyl sites for hydroxylation is 1. The lowest BCUT2D eigenvalue weighted by molar-refractivity contribution is -0.120. The predicted molar refractivity (Wildman–Crippen MR) is 119 cm³/mol.